The maximum atomic E-state index is 6.69. The molecular formula is C58H60N4OPt. The van der Waals surface area contributed by atoms with E-state index < -0.39 is 0 Å². The van der Waals surface area contributed by atoms with Gasteiger partial charge in [0.1, 0.15) is 5.82 Å². The monoisotopic (exact) mass is 1020 g/mol. The van der Waals surface area contributed by atoms with Crippen LogP contribution in [0.2, 0.25) is 0 Å². The van der Waals surface area contributed by atoms with Crippen molar-refractivity contribution in [2.45, 2.75) is 97.8 Å². The zero-order valence-corrected chi connectivity index (χ0v) is 41.6. The smallest absolute Gasteiger partial charge is 0.509 e. The Morgan fingerprint density at radius 3 is 1.86 bits per heavy atom. The maximum Gasteiger partial charge on any atom is 4.00 e. The predicted octanol–water partition coefficient (Wildman–Crippen LogP) is 15.6. The first-order valence-electron chi connectivity index (χ1n) is 21.8. The summed E-state index contributed by atoms with van der Waals surface area (Å²) in [5.74, 6) is 2.07. The molecule has 6 aromatic carbocycles. The van der Waals surface area contributed by atoms with Gasteiger partial charge in [0.25, 0.3) is 0 Å². The number of hydrogen-bond acceptors (Lipinski definition) is 4. The number of rotatable bonds is 7. The number of pyridine rings is 1. The Bertz CT molecular complexity index is 2930. The largest absolute Gasteiger partial charge is 4.00 e. The van der Waals surface area contributed by atoms with E-state index in [0.717, 1.165) is 50.4 Å². The fraction of sp³-hybridized carbons (Fsp3) is 0.259. The van der Waals surface area contributed by atoms with E-state index in [-0.39, 0.29) is 50.2 Å². The second-order valence-electron chi connectivity index (χ2n) is 20.4. The summed E-state index contributed by atoms with van der Waals surface area (Å²) in [6, 6.07) is 55.1. The average Bonchev–Trinajstić information content (AvgIpc) is 3.79. The van der Waals surface area contributed by atoms with Gasteiger partial charge >= 0.3 is 21.1 Å². The van der Waals surface area contributed by atoms with E-state index in [1.807, 2.05) is 24.4 Å². The zero-order valence-electron chi connectivity index (χ0n) is 39.4. The summed E-state index contributed by atoms with van der Waals surface area (Å²) in [5, 5.41) is 2.24. The second-order valence-corrected chi connectivity index (χ2v) is 20.4. The van der Waals surface area contributed by atoms with Gasteiger partial charge in [-0.2, -0.15) is 12.1 Å². The van der Waals surface area contributed by atoms with Crippen molar-refractivity contribution >= 4 is 44.6 Å². The van der Waals surface area contributed by atoms with Crippen LogP contribution < -0.4 is 14.5 Å². The van der Waals surface area contributed by atoms with Gasteiger partial charge in [-0.05, 0) is 91.9 Å². The van der Waals surface area contributed by atoms with Crippen LogP contribution in [-0.4, -0.2) is 9.55 Å². The van der Waals surface area contributed by atoms with Gasteiger partial charge in [-0.25, -0.2) is 4.98 Å². The van der Waals surface area contributed by atoms with Crippen LogP contribution in [0.1, 0.15) is 104 Å². The molecule has 0 spiro atoms. The molecule has 0 aliphatic carbocycles. The molecule has 328 valence electrons. The van der Waals surface area contributed by atoms with Crippen molar-refractivity contribution in [2.24, 2.45) is 0 Å². The molecule has 1 aliphatic rings. The van der Waals surface area contributed by atoms with E-state index in [4.69, 9.17) is 9.72 Å². The molecule has 0 atom stereocenters. The number of aromatic nitrogens is 2. The first-order valence-corrected chi connectivity index (χ1v) is 21.8. The van der Waals surface area contributed by atoms with Crippen LogP contribution >= 0.6 is 0 Å². The zero-order chi connectivity index (χ0) is 43.8. The Morgan fingerprint density at radius 2 is 1.17 bits per heavy atom. The molecule has 0 bridgehead atoms. The average molecular weight is 1020 g/mol. The van der Waals surface area contributed by atoms with E-state index >= 15 is 0 Å². The quantitative estimate of drug-likeness (QED) is 0.149. The third-order valence-electron chi connectivity index (χ3n) is 12.5. The molecule has 64 heavy (non-hydrogen) atoms. The summed E-state index contributed by atoms with van der Waals surface area (Å²) in [6.07, 6.45) is 1.91. The Hall–Kier alpha value is -5.64. The molecule has 0 N–H and O–H groups in total. The molecule has 0 saturated carbocycles. The van der Waals surface area contributed by atoms with Crippen LogP contribution in [0, 0.1) is 26.2 Å². The fourth-order valence-electron chi connectivity index (χ4n) is 8.52. The number of fused-ring (bicyclic) bond motifs is 4. The Kier molecular flexibility index (Phi) is 12.4. The van der Waals surface area contributed by atoms with Gasteiger partial charge in [-0.15, -0.1) is 48.1 Å². The summed E-state index contributed by atoms with van der Waals surface area (Å²) in [6.45, 7) is 27.3. The van der Waals surface area contributed by atoms with Gasteiger partial charge in [0.15, 0.2) is 0 Å². The van der Waals surface area contributed by atoms with Gasteiger partial charge < -0.3 is 26.5 Å². The van der Waals surface area contributed by atoms with Gasteiger partial charge in [0, 0.05) is 45.7 Å². The molecular weight excluding hydrogens is 964 g/mol. The fourth-order valence-corrected chi connectivity index (χ4v) is 8.52. The molecule has 3 heterocycles. The second kappa shape index (κ2) is 17.1. The number of nitrogens with zero attached hydrogens (tertiary/aromatic N) is 4. The number of anilines is 4. The standard InChI is InChI=1S/C57H57N4O.CH3.Pt/c1-54(2,3)39-28-29-58-53(34-39)61-49-23-16-15-22-47(49)48-26-25-46(36-51(48)61)62-45-21-17-20-43(35-45)59-37-60(44-31-41(55(4,5)6)30-42(32-44)56(7,8)9)50-27-24-40(33-52(50)59)57(10,11)38-18-13-12-14-19-38;;/h12-34,37H,1-11H3;1H3;/q-3;-1;+4. The topological polar surface area (TPSA) is 33.5 Å². The van der Waals surface area contributed by atoms with Crippen molar-refractivity contribution in [3.05, 3.63) is 194 Å². The van der Waals surface area contributed by atoms with E-state index in [1.165, 1.54) is 27.8 Å². The Labute approximate surface area is 396 Å². The van der Waals surface area contributed by atoms with Crippen molar-refractivity contribution in [3.63, 3.8) is 0 Å². The van der Waals surface area contributed by atoms with Gasteiger partial charge in [0.05, 0.1) is 0 Å². The van der Waals surface area contributed by atoms with E-state index in [2.05, 4.69) is 225 Å². The van der Waals surface area contributed by atoms with E-state index in [9.17, 15) is 0 Å². The van der Waals surface area contributed by atoms with Crippen molar-refractivity contribution in [3.8, 4) is 17.3 Å². The van der Waals surface area contributed by atoms with Crippen LogP contribution in [0.25, 0.3) is 27.6 Å². The number of ether oxygens (including phenoxy) is 1. The van der Waals surface area contributed by atoms with Gasteiger partial charge in [0.2, 0.25) is 0 Å². The molecule has 0 saturated heterocycles. The SMILES string of the molecule is CC(C)(C)c1cc(N2[CH-]N(c3[c-]c(Oc4[c-]c5c(cc4)c4ccccc4n5-c4cc(C(C)(C)C)ccn4)ccc3)c3cc(C(C)(C)c4ccccc4)ccc32)cc(C(C)(C)C)c1.[CH3-].[Pt+4]. The molecule has 2 aromatic heterocycles. The summed E-state index contributed by atoms with van der Waals surface area (Å²) in [4.78, 5) is 9.46. The van der Waals surface area contributed by atoms with E-state index in [1.54, 1.807) is 0 Å². The maximum absolute atomic E-state index is 6.69. The number of hydrogen-bond donors (Lipinski definition) is 0. The summed E-state index contributed by atoms with van der Waals surface area (Å²) in [5.41, 5.74) is 12.2. The molecule has 1 aliphatic heterocycles. The first-order chi connectivity index (χ1) is 29.4. The van der Waals surface area contributed by atoms with Gasteiger partial charge in [-0.1, -0.05) is 142 Å². The van der Waals surface area contributed by atoms with E-state index in [0.29, 0.717) is 11.5 Å². The van der Waals surface area contributed by atoms with Crippen LogP contribution in [0.15, 0.2) is 140 Å². The molecule has 0 fully saturated rings. The first kappa shape index (κ1) is 46.4. The molecule has 0 radical (unpaired) electrons. The third kappa shape index (κ3) is 8.64. The Morgan fingerprint density at radius 1 is 0.516 bits per heavy atom. The van der Waals surface area contributed by atoms with Crippen LogP contribution in [0.4, 0.5) is 22.7 Å². The van der Waals surface area contributed by atoms with Crippen molar-refractivity contribution in [1.82, 2.24) is 9.55 Å². The van der Waals surface area contributed by atoms with Gasteiger partial charge in [-0.3, -0.25) is 0 Å². The van der Waals surface area contributed by atoms with Crippen molar-refractivity contribution in [2.75, 3.05) is 9.80 Å². The van der Waals surface area contributed by atoms with Crippen LogP contribution in [0.3, 0.4) is 0 Å². The molecule has 9 rings (SSSR count). The summed E-state index contributed by atoms with van der Waals surface area (Å²) >= 11 is 0. The van der Waals surface area contributed by atoms with Crippen LogP contribution in [-0.2, 0) is 42.7 Å². The van der Waals surface area contributed by atoms with Crippen molar-refractivity contribution < 1.29 is 25.8 Å². The molecule has 0 unspecified atom stereocenters. The summed E-state index contributed by atoms with van der Waals surface area (Å²) in [7, 11) is 0. The Balaban J connectivity index is 0.00000306. The van der Waals surface area contributed by atoms with Crippen molar-refractivity contribution in [1.29, 1.82) is 0 Å². The number of benzene rings is 6. The minimum absolute atomic E-state index is 0. The van der Waals surface area contributed by atoms with Crippen LogP contribution in [0.5, 0.6) is 11.5 Å². The third-order valence-corrected chi connectivity index (χ3v) is 12.5. The molecule has 6 heteroatoms. The number of para-hydroxylation sites is 1. The summed E-state index contributed by atoms with van der Waals surface area (Å²) < 4.78 is 8.89. The molecule has 0 amide bonds. The molecule has 5 nitrogen and oxygen atoms in total. The normalized spacial score (nSPS) is 13.2. The minimum atomic E-state index is -0.226. The predicted molar refractivity (Wildman–Crippen MR) is 265 cm³/mol. The minimum Gasteiger partial charge on any atom is -0.509 e. The molecule has 8 aromatic rings.